The number of nitrogens with one attached hydrogen (secondary N) is 1. The van der Waals surface area contributed by atoms with E-state index in [0.717, 1.165) is 51.1 Å². The van der Waals surface area contributed by atoms with Crippen molar-refractivity contribution in [3.8, 4) is 22.5 Å². The van der Waals surface area contributed by atoms with Crippen molar-refractivity contribution in [1.29, 1.82) is 0 Å². The van der Waals surface area contributed by atoms with Gasteiger partial charge in [-0.1, -0.05) is 20.8 Å². The average molecular weight is 471 g/mol. The van der Waals surface area contributed by atoms with Crippen molar-refractivity contribution < 1.29 is 9.21 Å². The number of aryl methyl sites for hydroxylation is 2. The molecule has 10 nitrogen and oxygen atoms in total. The van der Waals surface area contributed by atoms with Crippen LogP contribution in [0.4, 0.5) is 0 Å². The van der Waals surface area contributed by atoms with E-state index < -0.39 is 5.91 Å². The highest BCUT2D eigenvalue weighted by Gasteiger charge is 2.23. The molecule has 1 amide bonds. The van der Waals surface area contributed by atoms with E-state index in [1.54, 1.807) is 17.1 Å². The Kier molecular flexibility index (Phi) is 5.43. The van der Waals surface area contributed by atoms with Crippen molar-refractivity contribution >= 4 is 11.4 Å². The van der Waals surface area contributed by atoms with E-state index >= 15 is 0 Å². The van der Waals surface area contributed by atoms with Gasteiger partial charge in [-0.2, -0.15) is 10.2 Å². The molecule has 5 rings (SSSR count). The van der Waals surface area contributed by atoms with Gasteiger partial charge in [0, 0.05) is 30.9 Å². The number of amides is 1. The molecule has 0 spiro atoms. The van der Waals surface area contributed by atoms with Crippen LogP contribution in [0.15, 0.2) is 53.8 Å². The zero-order valence-electron chi connectivity index (χ0n) is 20.3. The molecule has 0 aliphatic heterocycles. The molecule has 35 heavy (non-hydrogen) atoms. The van der Waals surface area contributed by atoms with E-state index in [2.05, 4.69) is 58.6 Å². The topological polar surface area (TPSA) is 116 Å². The molecule has 0 aliphatic rings. The SMILES string of the molecule is Cc1cc(-c2nc(-c3cnn(C)c3)cn3nccc23)cc(C(C)(C)C)c1CNC(=O)c1nnco1. The highest BCUT2D eigenvalue weighted by Crippen LogP contribution is 2.35. The van der Waals surface area contributed by atoms with E-state index in [4.69, 9.17) is 9.40 Å². The molecular formula is C25H26N8O2. The smallest absolute Gasteiger partial charge is 0.309 e. The molecule has 0 fully saturated rings. The fourth-order valence-corrected chi connectivity index (χ4v) is 4.21. The van der Waals surface area contributed by atoms with Crippen LogP contribution in [0.5, 0.6) is 0 Å². The first-order valence-electron chi connectivity index (χ1n) is 11.2. The van der Waals surface area contributed by atoms with Crippen molar-refractivity contribution in [2.75, 3.05) is 0 Å². The van der Waals surface area contributed by atoms with Crippen LogP contribution in [0.2, 0.25) is 0 Å². The van der Waals surface area contributed by atoms with Crippen LogP contribution in [0.1, 0.15) is 48.1 Å². The lowest BCUT2D eigenvalue weighted by atomic mass is 9.80. The molecular weight excluding hydrogens is 444 g/mol. The van der Waals surface area contributed by atoms with Gasteiger partial charge in [-0.3, -0.25) is 9.48 Å². The minimum Gasteiger partial charge on any atom is -0.420 e. The van der Waals surface area contributed by atoms with Gasteiger partial charge in [0.25, 0.3) is 0 Å². The Labute approximate surface area is 202 Å². The lowest BCUT2D eigenvalue weighted by molar-refractivity contribution is 0.0915. The van der Waals surface area contributed by atoms with E-state index in [1.807, 2.05) is 36.9 Å². The number of benzene rings is 1. The molecule has 5 aromatic rings. The maximum Gasteiger partial charge on any atom is 0.309 e. The maximum absolute atomic E-state index is 12.4. The summed E-state index contributed by atoms with van der Waals surface area (Å²) in [4.78, 5) is 17.4. The highest BCUT2D eigenvalue weighted by molar-refractivity contribution is 5.89. The van der Waals surface area contributed by atoms with E-state index in [9.17, 15) is 4.79 Å². The third-order valence-corrected chi connectivity index (χ3v) is 5.92. The number of carbonyl (C=O) groups excluding carboxylic acids is 1. The number of carbonyl (C=O) groups is 1. The Balaban J connectivity index is 1.60. The van der Waals surface area contributed by atoms with Crippen molar-refractivity contribution in [2.24, 2.45) is 7.05 Å². The van der Waals surface area contributed by atoms with Crippen LogP contribution in [0.3, 0.4) is 0 Å². The van der Waals surface area contributed by atoms with Crippen molar-refractivity contribution in [2.45, 2.75) is 39.7 Å². The highest BCUT2D eigenvalue weighted by atomic mass is 16.4. The van der Waals surface area contributed by atoms with Gasteiger partial charge < -0.3 is 9.73 Å². The molecule has 0 atom stereocenters. The first-order valence-corrected chi connectivity index (χ1v) is 11.2. The second-order valence-corrected chi connectivity index (χ2v) is 9.53. The Morgan fingerprint density at radius 2 is 1.97 bits per heavy atom. The summed E-state index contributed by atoms with van der Waals surface area (Å²) in [6.07, 6.45) is 8.55. The van der Waals surface area contributed by atoms with E-state index in [1.165, 1.54) is 0 Å². The Bertz CT molecular complexity index is 1520. The second kappa shape index (κ2) is 8.46. The van der Waals surface area contributed by atoms with Gasteiger partial charge in [0.2, 0.25) is 6.39 Å². The van der Waals surface area contributed by atoms with Crippen LogP contribution < -0.4 is 5.32 Å². The van der Waals surface area contributed by atoms with Crippen LogP contribution >= 0.6 is 0 Å². The fraction of sp³-hybridized carbons (Fsp3) is 0.280. The van der Waals surface area contributed by atoms with Gasteiger partial charge in [-0.15, -0.1) is 10.2 Å². The first kappa shape index (κ1) is 22.5. The molecule has 0 saturated heterocycles. The van der Waals surface area contributed by atoms with Crippen molar-refractivity contribution in [1.82, 2.24) is 39.9 Å². The minimum atomic E-state index is -0.405. The van der Waals surface area contributed by atoms with Crippen LogP contribution in [0.25, 0.3) is 28.0 Å². The van der Waals surface area contributed by atoms with Gasteiger partial charge in [-0.25, -0.2) is 9.50 Å². The molecule has 0 bridgehead atoms. The van der Waals surface area contributed by atoms with Gasteiger partial charge in [0.1, 0.15) is 0 Å². The largest absolute Gasteiger partial charge is 0.420 e. The summed E-state index contributed by atoms with van der Waals surface area (Å²) in [5.41, 5.74) is 7.46. The summed E-state index contributed by atoms with van der Waals surface area (Å²) < 4.78 is 8.61. The lowest BCUT2D eigenvalue weighted by Crippen LogP contribution is -2.26. The number of fused-ring (bicyclic) bond motifs is 1. The zero-order valence-corrected chi connectivity index (χ0v) is 20.3. The fourth-order valence-electron chi connectivity index (χ4n) is 4.21. The molecule has 1 N–H and O–H groups in total. The number of rotatable bonds is 5. The normalized spacial score (nSPS) is 11.8. The van der Waals surface area contributed by atoms with Gasteiger partial charge >= 0.3 is 11.8 Å². The lowest BCUT2D eigenvalue weighted by Gasteiger charge is -2.26. The molecule has 0 aliphatic carbocycles. The number of aromatic nitrogens is 7. The second-order valence-electron chi connectivity index (χ2n) is 9.53. The Morgan fingerprint density at radius 3 is 2.66 bits per heavy atom. The van der Waals surface area contributed by atoms with Crippen LogP contribution in [-0.4, -0.2) is 40.5 Å². The minimum absolute atomic E-state index is 0.0591. The Hall–Kier alpha value is -4.34. The monoisotopic (exact) mass is 470 g/mol. The number of nitrogens with zero attached hydrogens (tertiary/aromatic N) is 7. The molecule has 178 valence electrons. The van der Waals surface area contributed by atoms with Crippen molar-refractivity contribution in [3.63, 3.8) is 0 Å². The third kappa shape index (κ3) is 4.30. The van der Waals surface area contributed by atoms with Crippen LogP contribution in [0, 0.1) is 6.92 Å². The molecule has 4 heterocycles. The van der Waals surface area contributed by atoms with Crippen LogP contribution in [-0.2, 0) is 19.0 Å². The summed E-state index contributed by atoms with van der Waals surface area (Å²) in [6.45, 7) is 8.85. The van der Waals surface area contributed by atoms with Crippen molar-refractivity contribution in [3.05, 3.63) is 72.0 Å². The molecule has 10 heteroatoms. The zero-order chi connectivity index (χ0) is 24.7. The standard InChI is InChI=1S/C25H26N8O2/c1-15-8-16(9-19(25(2,3)4)18(15)11-26-23(34)24-31-27-14-35-24)22-21-6-7-28-33(21)13-20(30-22)17-10-29-32(5)12-17/h6-10,12-14H,11H2,1-5H3,(H,26,34). The summed E-state index contributed by atoms with van der Waals surface area (Å²) in [5, 5.41) is 18.9. The third-order valence-electron chi connectivity index (χ3n) is 5.92. The molecule has 0 radical (unpaired) electrons. The first-order chi connectivity index (χ1) is 16.7. The predicted molar refractivity (Wildman–Crippen MR) is 130 cm³/mol. The molecule has 1 aromatic carbocycles. The Morgan fingerprint density at radius 1 is 1.14 bits per heavy atom. The van der Waals surface area contributed by atoms with E-state index in [0.29, 0.717) is 6.54 Å². The molecule has 4 aromatic heterocycles. The molecule has 0 saturated carbocycles. The predicted octanol–water partition coefficient (Wildman–Crippen LogP) is 3.72. The number of hydrogen-bond acceptors (Lipinski definition) is 7. The maximum atomic E-state index is 12.4. The van der Waals surface area contributed by atoms with Gasteiger partial charge in [0.05, 0.1) is 35.5 Å². The average Bonchev–Trinajstić information content (AvgIpc) is 3.57. The summed E-state index contributed by atoms with van der Waals surface area (Å²) in [5.74, 6) is -0.464. The van der Waals surface area contributed by atoms with Gasteiger partial charge in [0.15, 0.2) is 0 Å². The molecule has 0 unspecified atom stereocenters. The summed E-state index contributed by atoms with van der Waals surface area (Å²) >= 11 is 0. The summed E-state index contributed by atoms with van der Waals surface area (Å²) in [7, 11) is 1.88. The summed E-state index contributed by atoms with van der Waals surface area (Å²) in [6, 6.07) is 6.22. The quantitative estimate of drug-likeness (QED) is 0.416. The van der Waals surface area contributed by atoms with E-state index in [-0.39, 0.29) is 11.3 Å². The number of hydrogen-bond donors (Lipinski definition) is 1. The van der Waals surface area contributed by atoms with Gasteiger partial charge in [-0.05, 0) is 47.2 Å².